The first-order valence-electron chi connectivity index (χ1n) is 6.91. The molecule has 0 spiro atoms. The van der Waals surface area contributed by atoms with E-state index in [1.165, 1.54) is 19.3 Å². The zero-order chi connectivity index (χ0) is 13.7. The Labute approximate surface area is 119 Å². The normalized spacial score (nSPS) is 20.2. The fourth-order valence-corrected chi connectivity index (χ4v) is 2.67. The minimum atomic E-state index is 0.0775. The van der Waals surface area contributed by atoms with Crippen molar-refractivity contribution < 1.29 is 4.79 Å². The van der Waals surface area contributed by atoms with Crippen molar-refractivity contribution in [1.82, 2.24) is 10.2 Å². The highest BCUT2D eigenvalue weighted by molar-refractivity contribution is 6.31. The topological polar surface area (TPSA) is 32.3 Å². The molecule has 104 valence electrons. The summed E-state index contributed by atoms with van der Waals surface area (Å²) in [6.07, 6.45) is 3.67. The molecule has 1 aliphatic heterocycles. The number of carbonyl (C=O) groups excluding carboxylic acids is 1. The molecule has 1 aliphatic rings. The maximum atomic E-state index is 11.9. The summed E-state index contributed by atoms with van der Waals surface area (Å²) in [6.45, 7) is 4.22. The predicted octanol–water partition coefficient (Wildman–Crippen LogP) is 2.83. The lowest BCUT2D eigenvalue weighted by Crippen LogP contribution is -2.44. The monoisotopic (exact) mass is 280 g/mol. The predicted molar refractivity (Wildman–Crippen MR) is 78.2 cm³/mol. The van der Waals surface area contributed by atoms with Gasteiger partial charge in [0.15, 0.2) is 0 Å². The molecule has 0 aliphatic carbocycles. The lowest BCUT2D eigenvalue weighted by atomic mass is 10.0. The summed E-state index contributed by atoms with van der Waals surface area (Å²) in [6, 6.07) is 8.12. The van der Waals surface area contributed by atoms with Crippen LogP contribution in [0.25, 0.3) is 0 Å². The maximum absolute atomic E-state index is 11.9. The van der Waals surface area contributed by atoms with Crippen molar-refractivity contribution in [3.8, 4) is 0 Å². The van der Waals surface area contributed by atoms with Gasteiger partial charge >= 0.3 is 0 Å². The van der Waals surface area contributed by atoms with E-state index in [1.807, 2.05) is 24.3 Å². The van der Waals surface area contributed by atoms with E-state index >= 15 is 0 Å². The van der Waals surface area contributed by atoms with Crippen LogP contribution < -0.4 is 5.32 Å². The van der Waals surface area contributed by atoms with Gasteiger partial charge in [-0.05, 0) is 37.9 Å². The number of piperidine rings is 1. The van der Waals surface area contributed by atoms with E-state index in [4.69, 9.17) is 11.6 Å². The molecule has 0 aromatic heterocycles. The Balaban J connectivity index is 1.80. The Bertz CT molecular complexity index is 436. The second-order valence-corrected chi connectivity index (χ2v) is 5.59. The van der Waals surface area contributed by atoms with Crippen molar-refractivity contribution >= 4 is 17.5 Å². The summed E-state index contributed by atoms with van der Waals surface area (Å²) in [5, 5.41) is 3.65. The van der Waals surface area contributed by atoms with Gasteiger partial charge in [-0.2, -0.15) is 0 Å². The molecular weight excluding hydrogens is 260 g/mol. The number of hydrogen-bond acceptors (Lipinski definition) is 2. The Morgan fingerprint density at radius 1 is 1.42 bits per heavy atom. The van der Waals surface area contributed by atoms with Gasteiger partial charge in [-0.25, -0.2) is 0 Å². The zero-order valence-electron chi connectivity index (χ0n) is 11.4. The first-order valence-corrected chi connectivity index (χ1v) is 7.29. The van der Waals surface area contributed by atoms with E-state index in [0.29, 0.717) is 24.2 Å². The quantitative estimate of drug-likeness (QED) is 0.920. The standard InChI is InChI=1S/C15H21ClN2O/c1-12-6-4-5-9-18(12)11-15(19)17-10-13-7-2-3-8-14(13)16/h2-3,7-8,12H,4-6,9-11H2,1H3,(H,17,19)/t12-/m0/s1. The van der Waals surface area contributed by atoms with Gasteiger partial charge in [-0.1, -0.05) is 36.2 Å². The van der Waals surface area contributed by atoms with Crippen LogP contribution >= 0.6 is 11.6 Å². The summed E-state index contributed by atoms with van der Waals surface area (Å²) in [4.78, 5) is 14.2. The van der Waals surface area contributed by atoms with Gasteiger partial charge in [0.2, 0.25) is 5.91 Å². The van der Waals surface area contributed by atoms with E-state index in [9.17, 15) is 4.79 Å². The molecule has 0 bridgehead atoms. The highest BCUT2D eigenvalue weighted by Gasteiger charge is 2.20. The molecule has 1 atom stereocenters. The highest BCUT2D eigenvalue weighted by Crippen LogP contribution is 2.16. The number of benzene rings is 1. The second kappa shape index (κ2) is 6.92. The van der Waals surface area contributed by atoms with Gasteiger partial charge in [-0.3, -0.25) is 9.69 Å². The SMILES string of the molecule is C[C@H]1CCCCN1CC(=O)NCc1ccccc1Cl. The molecule has 4 heteroatoms. The number of amides is 1. The Kier molecular flexibility index (Phi) is 5.23. The number of likely N-dealkylation sites (tertiary alicyclic amines) is 1. The zero-order valence-corrected chi connectivity index (χ0v) is 12.1. The van der Waals surface area contributed by atoms with Gasteiger partial charge < -0.3 is 5.32 Å². The van der Waals surface area contributed by atoms with E-state index in [0.717, 1.165) is 12.1 Å². The van der Waals surface area contributed by atoms with Crippen LogP contribution in [0.3, 0.4) is 0 Å². The minimum Gasteiger partial charge on any atom is -0.351 e. The van der Waals surface area contributed by atoms with Crippen LogP contribution in [0.5, 0.6) is 0 Å². The van der Waals surface area contributed by atoms with E-state index in [2.05, 4.69) is 17.1 Å². The van der Waals surface area contributed by atoms with Crippen molar-refractivity contribution in [1.29, 1.82) is 0 Å². The third kappa shape index (κ3) is 4.22. The Morgan fingerprint density at radius 2 is 2.21 bits per heavy atom. The number of nitrogens with one attached hydrogen (secondary N) is 1. The van der Waals surface area contributed by atoms with Crippen LogP contribution in [0.2, 0.25) is 5.02 Å². The molecule has 0 radical (unpaired) electrons. The highest BCUT2D eigenvalue weighted by atomic mass is 35.5. The molecule has 3 nitrogen and oxygen atoms in total. The van der Waals surface area contributed by atoms with Crippen LogP contribution in [-0.4, -0.2) is 29.9 Å². The summed E-state index contributed by atoms with van der Waals surface area (Å²) < 4.78 is 0. The molecule has 1 aromatic rings. The first-order chi connectivity index (χ1) is 9.16. The molecule has 19 heavy (non-hydrogen) atoms. The van der Waals surface area contributed by atoms with Crippen molar-refractivity contribution in [3.05, 3.63) is 34.9 Å². The molecule has 1 saturated heterocycles. The third-order valence-electron chi connectivity index (χ3n) is 3.72. The number of hydrogen-bond donors (Lipinski definition) is 1. The Hall–Kier alpha value is -1.06. The number of carbonyl (C=O) groups is 1. The van der Waals surface area contributed by atoms with Crippen LogP contribution in [0.1, 0.15) is 31.7 Å². The van der Waals surface area contributed by atoms with Crippen molar-refractivity contribution in [2.75, 3.05) is 13.1 Å². The van der Waals surface area contributed by atoms with Gasteiger partial charge in [0.05, 0.1) is 6.54 Å². The molecule has 0 unspecified atom stereocenters. The van der Waals surface area contributed by atoms with E-state index in [1.54, 1.807) is 0 Å². The van der Waals surface area contributed by atoms with Gasteiger partial charge in [0, 0.05) is 17.6 Å². The number of halogens is 1. The largest absolute Gasteiger partial charge is 0.351 e. The van der Waals surface area contributed by atoms with Gasteiger partial charge in [-0.15, -0.1) is 0 Å². The van der Waals surface area contributed by atoms with E-state index in [-0.39, 0.29) is 5.91 Å². The molecule has 1 fully saturated rings. The van der Waals surface area contributed by atoms with Gasteiger partial charge in [0.1, 0.15) is 0 Å². The third-order valence-corrected chi connectivity index (χ3v) is 4.09. The lowest BCUT2D eigenvalue weighted by molar-refractivity contribution is -0.123. The second-order valence-electron chi connectivity index (χ2n) is 5.18. The number of nitrogens with zero attached hydrogens (tertiary/aromatic N) is 1. The van der Waals surface area contributed by atoms with Crippen LogP contribution in [0, 0.1) is 0 Å². The summed E-state index contributed by atoms with van der Waals surface area (Å²) in [7, 11) is 0. The molecule has 1 aromatic carbocycles. The molecule has 0 saturated carbocycles. The van der Waals surface area contributed by atoms with Crippen molar-refractivity contribution in [3.63, 3.8) is 0 Å². The summed E-state index contributed by atoms with van der Waals surface area (Å²) in [5.41, 5.74) is 0.962. The fourth-order valence-electron chi connectivity index (χ4n) is 2.47. The first kappa shape index (κ1) is 14.4. The molecule has 1 heterocycles. The lowest BCUT2D eigenvalue weighted by Gasteiger charge is -2.32. The molecule has 2 rings (SSSR count). The summed E-state index contributed by atoms with van der Waals surface area (Å²) >= 11 is 6.06. The van der Waals surface area contributed by atoms with Crippen LogP contribution in [0.4, 0.5) is 0 Å². The average molecular weight is 281 g/mol. The Morgan fingerprint density at radius 3 is 2.95 bits per heavy atom. The average Bonchev–Trinajstić information content (AvgIpc) is 2.40. The van der Waals surface area contributed by atoms with Crippen molar-refractivity contribution in [2.24, 2.45) is 0 Å². The maximum Gasteiger partial charge on any atom is 0.234 e. The molecule has 1 N–H and O–H groups in total. The number of rotatable bonds is 4. The van der Waals surface area contributed by atoms with E-state index < -0.39 is 0 Å². The minimum absolute atomic E-state index is 0.0775. The van der Waals surface area contributed by atoms with Crippen molar-refractivity contribution in [2.45, 2.75) is 38.8 Å². The molecular formula is C15H21ClN2O. The fraction of sp³-hybridized carbons (Fsp3) is 0.533. The summed E-state index contributed by atoms with van der Waals surface area (Å²) in [5.74, 6) is 0.0775. The molecule has 1 amide bonds. The smallest absolute Gasteiger partial charge is 0.234 e. The van der Waals surface area contributed by atoms with Crippen LogP contribution in [0.15, 0.2) is 24.3 Å². The van der Waals surface area contributed by atoms with Gasteiger partial charge in [0.25, 0.3) is 0 Å². The van der Waals surface area contributed by atoms with Crippen LogP contribution in [-0.2, 0) is 11.3 Å².